The lowest BCUT2D eigenvalue weighted by Gasteiger charge is -2.53. The normalized spacial score (nSPS) is 33.0. The molecule has 1 aromatic rings. The molecule has 1 aromatic carbocycles. The molecule has 0 spiro atoms. The fourth-order valence-electron chi connectivity index (χ4n) is 3.57. The van der Waals surface area contributed by atoms with Gasteiger partial charge in [-0.05, 0) is 24.5 Å². The van der Waals surface area contributed by atoms with Gasteiger partial charge in [-0.1, -0.05) is 32.0 Å². The summed E-state index contributed by atoms with van der Waals surface area (Å²) in [7, 11) is -1.35. The molecule has 3 unspecified atom stereocenters. The minimum atomic E-state index is -3.11. The monoisotopic (exact) mass is 309 g/mol. The quantitative estimate of drug-likeness (QED) is 0.931. The van der Waals surface area contributed by atoms with E-state index in [-0.39, 0.29) is 23.3 Å². The third kappa shape index (κ3) is 2.41. The molecule has 1 saturated carbocycles. The van der Waals surface area contributed by atoms with E-state index in [2.05, 4.69) is 19.2 Å². The van der Waals surface area contributed by atoms with Crippen LogP contribution in [0.4, 0.5) is 0 Å². The zero-order chi connectivity index (χ0) is 15.3. The van der Waals surface area contributed by atoms with E-state index in [1.165, 1.54) is 0 Å². The van der Waals surface area contributed by atoms with Gasteiger partial charge in [-0.2, -0.15) is 0 Å². The molecule has 1 heterocycles. The van der Waals surface area contributed by atoms with Crippen molar-refractivity contribution in [3.63, 3.8) is 0 Å². The van der Waals surface area contributed by atoms with Crippen molar-refractivity contribution in [1.82, 2.24) is 5.32 Å². The van der Waals surface area contributed by atoms with Gasteiger partial charge >= 0.3 is 0 Å². The van der Waals surface area contributed by atoms with Gasteiger partial charge in [0.1, 0.15) is 0 Å². The Morgan fingerprint density at radius 2 is 2.00 bits per heavy atom. The van der Waals surface area contributed by atoms with Gasteiger partial charge in [0.25, 0.3) is 0 Å². The summed E-state index contributed by atoms with van der Waals surface area (Å²) in [6.07, 6.45) is 1.90. The maximum atomic E-state index is 12.2. The highest BCUT2D eigenvalue weighted by molar-refractivity contribution is 7.91. The van der Waals surface area contributed by atoms with Gasteiger partial charge in [-0.25, -0.2) is 8.42 Å². The summed E-state index contributed by atoms with van der Waals surface area (Å²) < 4.78 is 29.8. The first-order valence-electron chi connectivity index (χ1n) is 7.47. The lowest BCUT2D eigenvalue weighted by molar-refractivity contribution is -0.101. The molecule has 0 aromatic heterocycles. The minimum Gasteiger partial charge on any atom is -0.381 e. The number of rotatable bonds is 3. The predicted octanol–water partition coefficient (Wildman–Crippen LogP) is 2.31. The number of hydrogen-bond donors (Lipinski definition) is 1. The average molecular weight is 309 g/mol. The van der Waals surface area contributed by atoms with E-state index in [9.17, 15) is 8.42 Å². The molecule has 116 valence electrons. The van der Waals surface area contributed by atoms with E-state index in [1.807, 2.05) is 12.1 Å². The molecule has 1 aliphatic heterocycles. The van der Waals surface area contributed by atoms with Crippen LogP contribution in [0.2, 0.25) is 0 Å². The van der Waals surface area contributed by atoms with Crippen molar-refractivity contribution in [1.29, 1.82) is 0 Å². The Morgan fingerprint density at radius 3 is 2.67 bits per heavy atom. The standard InChI is InChI=1S/C16H23NO3S/c1-16(2)14(10-15(16)20-3)17-12-8-9-21(18,19)13-7-5-4-6-11(12)13/h4-7,12,14-15,17H,8-10H2,1-3H3. The predicted molar refractivity (Wildman–Crippen MR) is 82.0 cm³/mol. The highest BCUT2D eigenvalue weighted by atomic mass is 32.2. The second-order valence-corrected chi connectivity index (χ2v) is 8.78. The van der Waals surface area contributed by atoms with Gasteiger partial charge < -0.3 is 10.1 Å². The Balaban J connectivity index is 1.83. The van der Waals surface area contributed by atoms with Crippen LogP contribution in [0.1, 0.15) is 38.3 Å². The summed E-state index contributed by atoms with van der Waals surface area (Å²) in [5, 5.41) is 3.66. The van der Waals surface area contributed by atoms with Gasteiger partial charge in [-0.15, -0.1) is 0 Å². The van der Waals surface area contributed by atoms with E-state index in [0.29, 0.717) is 17.4 Å². The van der Waals surface area contributed by atoms with Crippen molar-refractivity contribution in [2.75, 3.05) is 12.9 Å². The molecule has 4 nitrogen and oxygen atoms in total. The maximum Gasteiger partial charge on any atom is 0.178 e. The third-order valence-electron chi connectivity index (χ3n) is 5.17. The van der Waals surface area contributed by atoms with Crippen LogP contribution in [0, 0.1) is 5.41 Å². The lowest BCUT2D eigenvalue weighted by atomic mass is 9.64. The fourth-order valence-corrected chi connectivity index (χ4v) is 5.20. The van der Waals surface area contributed by atoms with Crippen LogP contribution in [0.5, 0.6) is 0 Å². The summed E-state index contributed by atoms with van der Waals surface area (Å²) >= 11 is 0. The Hall–Kier alpha value is -0.910. The van der Waals surface area contributed by atoms with E-state index in [4.69, 9.17) is 4.74 Å². The zero-order valence-electron chi connectivity index (χ0n) is 12.8. The molecule has 0 saturated heterocycles. The first kappa shape index (κ1) is 15.0. The second kappa shape index (κ2) is 5.07. The molecule has 0 amide bonds. The molecular weight excluding hydrogens is 286 g/mol. The summed E-state index contributed by atoms with van der Waals surface area (Å²) in [5.74, 6) is 0.225. The number of nitrogens with one attached hydrogen (secondary N) is 1. The summed E-state index contributed by atoms with van der Waals surface area (Å²) in [4.78, 5) is 0.495. The van der Waals surface area contributed by atoms with Gasteiger partial charge in [-0.3, -0.25) is 0 Å². The summed E-state index contributed by atoms with van der Waals surface area (Å²) in [6, 6.07) is 7.85. The molecule has 1 aliphatic carbocycles. The van der Waals surface area contributed by atoms with Crippen LogP contribution in [0.15, 0.2) is 29.2 Å². The zero-order valence-corrected chi connectivity index (χ0v) is 13.6. The van der Waals surface area contributed by atoms with Crippen LogP contribution in [-0.2, 0) is 14.6 Å². The van der Waals surface area contributed by atoms with Gasteiger partial charge in [0.2, 0.25) is 0 Å². The Bertz CT molecular complexity index is 639. The van der Waals surface area contributed by atoms with Gasteiger partial charge in [0.15, 0.2) is 9.84 Å². The fraction of sp³-hybridized carbons (Fsp3) is 0.625. The number of hydrogen-bond acceptors (Lipinski definition) is 4. The van der Waals surface area contributed by atoms with Gasteiger partial charge in [0.05, 0.1) is 16.8 Å². The Labute approximate surface area is 126 Å². The molecule has 1 fully saturated rings. The topological polar surface area (TPSA) is 55.4 Å². The Kier molecular flexibility index (Phi) is 3.62. The molecule has 1 N–H and O–H groups in total. The first-order chi connectivity index (χ1) is 9.86. The van der Waals surface area contributed by atoms with Crippen LogP contribution in [0.25, 0.3) is 0 Å². The van der Waals surface area contributed by atoms with Crippen molar-refractivity contribution >= 4 is 9.84 Å². The molecule has 2 aliphatic rings. The largest absolute Gasteiger partial charge is 0.381 e. The Morgan fingerprint density at radius 1 is 1.29 bits per heavy atom. The SMILES string of the molecule is COC1CC(NC2CCS(=O)(=O)c3ccccc32)C1(C)C. The third-order valence-corrected chi connectivity index (χ3v) is 6.98. The van der Waals surface area contributed by atoms with Crippen LogP contribution in [-0.4, -0.2) is 33.4 Å². The van der Waals surface area contributed by atoms with E-state index in [0.717, 1.165) is 12.0 Å². The molecular formula is C16H23NO3S. The second-order valence-electron chi connectivity index (χ2n) is 6.70. The van der Waals surface area contributed by atoms with Crippen molar-refractivity contribution in [3.8, 4) is 0 Å². The van der Waals surface area contributed by atoms with E-state index >= 15 is 0 Å². The smallest absolute Gasteiger partial charge is 0.178 e. The molecule has 3 atom stereocenters. The highest BCUT2D eigenvalue weighted by Gasteiger charge is 2.49. The van der Waals surface area contributed by atoms with E-state index in [1.54, 1.807) is 19.2 Å². The number of methoxy groups -OCH3 is 1. The highest BCUT2D eigenvalue weighted by Crippen LogP contribution is 2.44. The van der Waals surface area contributed by atoms with Crippen molar-refractivity contribution < 1.29 is 13.2 Å². The van der Waals surface area contributed by atoms with Crippen LogP contribution < -0.4 is 5.32 Å². The first-order valence-corrected chi connectivity index (χ1v) is 9.12. The minimum absolute atomic E-state index is 0.0833. The summed E-state index contributed by atoms with van der Waals surface area (Å²) in [5.41, 5.74) is 1.00. The number of fused-ring (bicyclic) bond motifs is 1. The van der Waals surface area contributed by atoms with E-state index < -0.39 is 9.84 Å². The van der Waals surface area contributed by atoms with Gasteiger partial charge in [0, 0.05) is 24.6 Å². The molecule has 3 rings (SSSR count). The van der Waals surface area contributed by atoms with Crippen LogP contribution in [0.3, 0.4) is 0 Å². The lowest BCUT2D eigenvalue weighted by Crippen LogP contribution is -2.61. The van der Waals surface area contributed by atoms with Crippen molar-refractivity contribution in [2.45, 2.75) is 49.8 Å². The van der Waals surface area contributed by atoms with Crippen molar-refractivity contribution in [2.24, 2.45) is 5.41 Å². The number of sulfone groups is 1. The molecule has 21 heavy (non-hydrogen) atoms. The number of ether oxygens (including phenoxy) is 1. The maximum absolute atomic E-state index is 12.2. The van der Waals surface area contributed by atoms with Crippen LogP contribution >= 0.6 is 0 Å². The molecule has 0 bridgehead atoms. The molecule has 0 radical (unpaired) electrons. The number of benzene rings is 1. The van der Waals surface area contributed by atoms with Crippen molar-refractivity contribution in [3.05, 3.63) is 29.8 Å². The average Bonchev–Trinajstić information content (AvgIpc) is 2.45. The molecule has 5 heteroatoms. The summed E-state index contributed by atoms with van der Waals surface area (Å²) in [6.45, 7) is 4.40.